The molecule has 0 bridgehead atoms. The van der Waals surface area contributed by atoms with Gasteiger partial charge in [-0.3, -0.25) is 19.4 Å². The standard InChI is InChI=1S/C20H28N2O5/c1-4-17(23)22(16-8-6-5-7-9-16)20(19(25)26)11-13-21(15(2)14-20)12-10-18(24)27-3/h5-9,15H,4,10-14H2,1-3H3,(H,25,26). The van der Waals surface area contributed by atoms with Crippen molar-refractivity contribution in [1.82, 2.24) is 4.90 Å². The molecule has 1 aromatic rings. The van der Waals surface area contributed by atoms with Gasteiger partial charge in [-0.15, -0.1) is 0 Å². The number of aliphatic carboxylic acids is 1. The molecule has 0 spiro atoms. The van der Waals surface area contributed by atoms with Crippen LogP contribution < -0.4 is 4.90 Å². The Morgan fingerprint density at radius 2 is 1.96 bits per heavy atom. The molecule has 7 nitrogen and oxygen atoms in total. The van der Waals surface area contributed by atoms with Gasteiger partial charge < -0.3 is 9.84 Å². The Hall–Kier alpha value is -2.41. The number of hydrogen-bond donors (Lipinski definition) is 1. The van der Waals surface area contributed by atoms with Gasteiger partial charge in [-0.05, 0) is 31.9 Å². The summed E-state index contributed by atoms with van der Waals surface area (Å²) in [5, 5.41) is 10.1. The molecular formula is C20H28N2O5. The third-order valence-electron chi connectivity index (χ3n) is 5.29. The van der Waals surface area contributed by atoms with Gasteiger partial charge in [-0.2, -0.15) is 0 Å². The SMILES string of the molecule is CCC(=O)N(c1ccccc1)C1(C(=O)O)CCN(CCC(=O)OC)C(C)C1. The summed E-state index contributed by atoms with van der Waals surface area (Å²) >= 11 is 0. The van der Waals surface area contributed by atoms with Crippen LogP contribution in [0.2, 0.25) is 0 Å². The van der Waals surface area contributed by atoms with E-state index < -0.39 is 11.5 Å². The summed E-state index contributed by atoms with van der Waals surface area (Å²) in [4.78, 5) is 40.1. The lowest BCUT2D eigenvalue weighted by molar-refractivity contribution is -0.149. The fraction of sp³-hybridized carbons (Fsp3) is 0.550. The van der Waals surface area contributed by atoms with Gasteiger partial charge in [0.15, 0.2) is 0 Å². The van der Waals surface area contributed by atoms with Crippen molar-refractivity contribution in [3.63, 3.8) is 0 Å². The van der Waals surface area contributed by atoms with Crippen LogP contribution >= 0.6 is 0 Å². The van der Waals surface area contributed by atoms with Crippen LogP contribution in [0.15, 0.2) is 30.3 Å². The van der Waals surface area contributed by atoms with Crippen molar-refractivity contribution >= 4 is 23.5 Å². The second kappa shape index (κ2) is 8.99. The van der Waals surface area contributed by atoms with Crippen molar-refractivity contribution in [3.8, 4) is 0 Å². The molecule has 0 aliphatic carbocycles. The number of rotatable bonds is 7. The van der Waals surface area contributed by atoms with E-state index in [4.69, 9.17) is 0 Å². The smallest absolute Gasteiger partial charge is 0.330 e. The Kier molecular flexibility index (Phi) is 6.96. The van der Waals surface area contributed by atoms with Gasteiger partial charge >= 0.3 is 11.9 Å². The third-order valence-corrected chi connectivity index (χ3v) is 5.29. The first kappa shape index (κ1) is 20.9. The van der Waals surface area contributed by atoms with Crippen LogP contribution in [0.25, 0.3) is 0 Å². The Morgan fingerprint density at radius 1 is 1.30 bits per heavy atom. The molecule has 148 valence electrons. The molecule has 0 aromatic heterocycles. The summed E-state index contributed by atoms with van der Waals surface area (Å²) in [5.74, 6) is -1.49. The lowest BCUT2D eigenvalue weighted by atomic mass is 9.81. The van der Waals surface area contributed by atoms with E-state index in [0.29, 0.717) is 31.6 Å². The maximum Gasteiger partial charge on any atom is 0.330 e. The first-order valence-electron chi connectivity index (χ1n) is 9.28. The average Bonchev–Trinajstić information content (AvgIpc) is 2.67. The van der Waals surface area contributed by atoms with Gasteiger partial charge in [0.25, 0.3) is 0 Å². The predicted molar refractivity (Wildman–Crippen MR) is 101 cm³/mol. The minimum absolute atomic E-state index is 0.0876. The van der Waals surface area contributed by atoms with Gasteiger partial charge in [0.05, 0.1) is 13.5 Å². The highest BCUT2D eigenvalue weighted by atomic mass is 16.5. The fourth-order valence-electron chi connectivity index (χ4n) is 3.80. The van der Waals surface area contributed by atoms with Crippen molar-refractivity contribution in [2.45, 2.75) is 51.1 Å². The summed E-state index contributed by atoms with van der Waals surface area (Å²) < 4.78 is 4.69. The Bertz CT molecular complexity index is 678. The van der Waals surface area contributed by atoms with Crippen LogP contribution in [0.5, 0.6) is 0 Å². The van der Waals surface area contributed by atoms with Crippen LogP contribution in [-0.4, -0.2) is 59.6 Å². The molecule has 1 aromatic carbocycles. The highest BCUT2D eigenvalue weighted by Crippen LogP contribution is 2.37. The monoisotopic (exact) mass is 376 g/mol. The summed E-state index contributed by atoms with van der Waals surface area (Å²) in [6.45, 7) is 4.68. The lowest BCUT2D eigenvalue weighted by Crippen LogP contribution is -2.64. The molecule has 0 radical (unpaired) electrons. The number of piperidine rings is 1. The first-order valence-corrected chi connectivity index (χ1v) is 9.28. The molecule has 1 aliphatic rings. The molecule has 1 aliphatic heterocycles. The van der Waals surface area contributed by atoms with Crippen LogP contribution in [0.3, 0.4) is 0 Å². The number of benzene rings is 1. The third kappa shape index (κ3) is 4.47. The molecule has 2 unspecified atom stereocenters. The molecular weight excluding hydrogens is 348 g/mol. The second-order valence-corrected chi connectivity index (χ2v) is 6.92. The van der Waals surface area contributed by atoms with Gasteiger partial charge in [-0.25, -0.2) is 4.79 Å². The van der Waals surface area contributed by atoms with E-state index in [-0.39, 0.29) is 30.8 Å². The van der Waals surface area contributed by atoms with Gasteiger partial charge in [0.2, 0.25) is 5.91 Å². The number of anilines is 1. The highest BCUT2D eigenvalue weighted by molar-refractivity contribution is 6.01. The number of esters is 1. The van der Waals surface area contributed by atoms with Crippen molar-refractivity contribution in [2.24, 2.45) is 0 Å². The zero-order chi connectivity index (χ0) is 20.0. The highest BCUT2D eigenvalue weighted by Gasteiger charge is 2.51. The minimum Gasteiger partial charge on any atom is -0.479 e. The van der Waals surface area contributed by atoms with Crippen molar-refractivity contribution in [3.05, 3.63) is 30.3 Å². The Balaban J connectivity index is 2.30. The maximum absolute atomic E-state index is 12.8. The maximum atomic E-state index is 12.8. The summed E-state index contributed by atoms with van der Waals surface area (Å²) in [7, 11) is 1.35. The molecule has 1 N–H and O–H groups in total. The van der Waals surface area contributed by atoms with E-state index in [9.17, 15) is 19.5 Å². The van der Waals surface area contributed by atoms with Gasteiger partial charge in [-0.1, -0.05) is 25.1 Å². The van der Waals surface area contributed by atoms with Crippen LogP contribution in [0, 0.1) is 0 Å². The quantitative estimate of drug-likeness (QED) is 0.735. The number of amides is 1. The van der Waals surface area contributed by atoms with Crippen LogP contribution in [0.4, 0.5) is 5.69 Å². The number of likely N-dealkylation sites (tertiary alicyclic amines) is 1. The number of ether oxygens (including phenoxy) is 1. The first-order chi connectivity index (χ1) is 12.9. The van der Waals surface area contributed by atoms with Gasteiger partial charge in [0, 0.05) is 31.2 Å². The molecule has 7 heteroatoms. The van der Waals surface area contributed by atoms with E-state index in [2.05, 4.69) is 9.64 Å². The van der Waals surface area contributed by atoms with Crippen molar-refractivity contribution in [1.29, 1.82) is 0 Å². The number of carbonyl (C=O) groups excluding carboxylic acids is 2. The molecule has 1 heterocycles. The minimum atomic E-state index is -1.30. The number of nitrogens with zero attached hydrogens (tertiary/aromatic N) is 2. The normalized spacial score (nSPS) is 22.9. The number of methoxy groups -OCH3 is 1. The van der Waals surface area contributed by atoms with Crippen molar-refractivity contribution in [2.75, 3.05) is 25.1 Å². The molecule has 1 fully saturated rings. The number of carboxylic acids is 1. The largest absolute Gasteiger partial charge is 0.479 e. The summed E-state index contributed by atoms with van der Waals surface area (Å²) in [6, 6.07) is 8.89. The number of para-hydroxylation sites is 1. The second-order valence-electron chi connectivity index (χ2n) is 6.92. The lowest BCUT2D eigenvalue weighted by Gasteiger charge is -2.48. The van der Waals surface area contributed by atoms with E-state index in [1.54, 1.807) is 31.2 Å². The Morgan fingerprint density at radius 3 is 2.48 bits per heavy atom. The van der Waals surface area contributed by atoms with E-state index in [0.717, 1.165) is 0 Å². The van der Waals surface area contributed by atoms with Crippen molar-refractivity contribution < 1.29 is 24.2 Å². The van der Waals surface area contributed by atoms with E-state index in [1.807, 2.05) is 13.0 Å². The topological polar surface area (TPSA) is 87.2 Å². The number of hydrogen-bond acceptors (Lipinski definition) is 5. The molecule has 2 rings (SSSR count). The summed E-state index contributed by atoms with van der Waals surface area (Å²) in [6.07, 6.45) is 1.08. The number of carbonyl (C=O) groups is 3. The molecule has 27 heavy (non-hydrogen) atoms. The average molecular weight is 376 g/mol. The molecule has 0 saturated carbocycles. The van der Waals surface area contributed by atoms with E-state index >= 15 is 0 Å². The molecule has 1 amide bonds. The molecule has 2 atom stereocenters. The zero-order valence-electron chi connectivity index (χ0n) is 16.2. The van der Waals surface area contributed by atoms with Crippen LogP contribution in [-0.2, 0) is 19.1 Å². The summed E-state index contributed by atoms with van der Waals surface area (Å²) in [5.41, 5.74) is -0.697. The van der Waals surface area contributed by atoms with Crippen LogP contribution in [0.1, 0.15) is 39.5 Å². The fourth-order valence-corrected chi connectivity index (χ4v) is 3.80. The number of carboxylic acid groups (broad SMARTS) is 1. The van der Waals surface area contributed by atoms with E-state index in [1.165, 1.54) is 12.0 Å². The molecule has 1 saturated heterocycles. The Labute approximate surface area is 159 Å². The van der Waals surface area contributed by atoms with Gasteiger partial charge in [0.1, 0.15) is 5.54 Å². The predicted octanol–water partition coefficient (Wildman–Crippen LogP) is 2.30. The zero-order valence-corrected chi connectivity index (χ0v) is 16.2.